The van der Waals surface area contributed by atoms with Crippen LogP contribution in [0.25, 0.3) is 11.1 Å². The van der Waals surface area contributed by atoms with Crippen LogP contribution in [0.5, 0.6) is 5.75 Å². The number of ether oxygens (including phenoxy) is 1. The minimum absolute atomic E-state index is 0.144. The minimum atomic E-state index is -0.162. The first kappa shape index (κ1) is 10.1. The lowest BCUT2D eigenvalue weighted by Crippen LogP contribution is -2.05. The van der Waals surface area contributed by atoms with E-state index in [2.05, 4.69) is 0 Å². The van der Waals surface area contributed by atoms with E-state index < -0.39 is 0 Å². The molecule has 84 valence electrons. The first-order chi connectivity index (χ1) is 8.25. The van der Waals surface area contributed by atoms with E-state index in [9.17, 15) is 4.79 Å². The fourth-order valence-electron chi connectivity index (χ4n) is 2.11. The van der Waals surface area contributed by atoms with Crippen molar-refractivity contribution in [3.63, 3.8) is 0 Å². The highest BCUT2D eigenvalue weighted by molar-refractivity contribution is 5.86. The molecule has 0 bridgehead atoms. The van der Waals surface area contributed by atoms with E-state index in [1.165, 1.54) is 0 Å². The Labute approximate surface area is 99.9 Å². The second kappa shape index (κ2) is 3.74. The molecule has 1 heterocycles. The van der Waals surface area contributed by atoms with Crippen LogP contribution in [0.1, 0.15) is 18.4 Å². The van der Waals surface area contributed by atoms with Gasteiger partial charge < -0.3 is 4.74 Å². The average Bonchev–Trinajstić information content (AvgIpc) is 2.66. The lowest BCUT2D eigenvalue weighted by atomic mass is 9.98. The van der Waals surface area contributed by atoms with Crippen LogP contribution >= 0.6 is 0 Å². The Morgan fingerprint density at radius 2 is 1.76 bits per heavy atom. The van der Waals surface area contributed by atoms with Crippen LogP contribution in [0.15, 0.2) is 48.5 Å². The topological polar surface area (TPSA) is 26.3 Å². The van der Waals surface area contributed by atoms with E-state index in [4.69, 9.17) is 4.74 Å². The highest BCUT2D eigenvalue weighted by Crippen LogP contribution is 2.37. The summed E-state index contributed by atoms with van der Waals surface area (Å²) in [5.41, 5.74) is 3.19. The number of carbonyl (C=O) groups excluding carboxylic acids is 1. The Hall–Kier alpha value is -2.09. The van der Waals surface area contributed by atoms with E-state index in [0.717, 1.165) is 16.7 Å². The van der Waals surface area contributed by atoms with E-state index in [1.807, 2.05) is 55.5 Å². The third-order valence-corrected chi connectivity index (χ3v) is 3.15. The molecule has 0 N–H and O–H groups in total. The molecule has 0 saturated heterocycles. The zero-order valence-electron chi connectivity index (χ0n) is 9.51. The summed E-state index contributed by atoms with van der Waals surface area (Å²) in [5, 5.41) is 0. The third kappa shape index (κ3) is 1.62. The van der Waals surface area contributed by atoms with Gasteiger partial charge in [0.25, 0.3) is 0 Å². The summed E-state index contributed by atoms with van der Waals surface area (Å²) in [5.74, 6) is 0.392. The normalized spacial score (nSPS) is 17.7. The van der Waals surface area contributed by atoms with E-state index >= 15 is 0 Å². The van der Waals surface area contributed by atoms with Crippen molar-refractivity contribution in [1.82, 2.24) is 0 Å². The molecule has 0 spiro atoms. The molecule has 0 saturated carbocycles. The number of fused-ring (bicyclic) bond motifs is 1. The molecule has 0 unspecified atom stereocenters. The number of rotatable bonds is 1. The van der Waals surface area contributed by atoms with Crippen molar-refractivity contribution in [2.24, 2.45) is 0 Å². The molecular weight excluding hydrogens is 212 g/mol. The van der Waals surface area contributed by atoms with Gasteiger partial charge >= 0.3 is 5.97 Å². The molecule has 0 fully saturated rings. The quantitative estimate of drug-likeness (QED) is 0.548. The molecule has 2 heteroatoms. The maximum Gasteiger partial charge on any atom is 0.318 e. The van der Waals surface area contributed by atoms with Crippen molar-refractivity contribution in [3.8, 4) is 16.9 Å². The van der Waals surface area contributed by atoms with Crippen LogP contribution < -0.4 is 4.74 Å². The van der Waals surface area contributed by atoms with Crippen LogP contribution in [-0.4, -0.2) is 5.97 Å². The van der Waals surface area contributed by atoms with Crippen LogP contribution in [0.3, 0.4) is 0 Å². The largest absolute Gasteiger partial charge is 0.426 e. The third-order valence-electron chi connectivity index (χ3n) is 3.15. The Morgan fingerprint density at radius 3 is 2.53 bits per heavy atom. The van der Waals surface area contributed by atoms with E-state index in [0.29, 0.717) is 5.75 Å². The van der Waals surface area contributed by atoms with Gasteiger partial charge in [-0.1, -0.05) is 42.5 Å². The molecule has 1 atom stereocenters. The Kier molecular flexibility index (Phi) is 2.22. The van der Waals surface area contributed by atoms with Crippen LogP contribution in [0, 0.1) is 0 Å². The van der Waals surface area contributed by atoms with Crippen molar-refractivity contribution >= 4 is 5.97 Å². The van der Waals surface area contributed by atoms with Gasteiger partial charge in [0.2, 0.25) is 0 Å². The molecule has 3 rings (SSSR count). The monoisotopic (exact) mass is 224 g/mol. The SMILES string of the molecule is C[C@@H]1C(=O)Oc2cc(-c3ccccc3)ccc21. The summed E-state index contributed by atoms with van der Waals surface area (Å²) < 4.78 is 5.24. The molecule has 1 aliphatic heterocycles. The number of esters is 1. The average molecular weight is 224 g/mol. The molecular formula is C15H12O2. The summed E-state index contributed by atoms with van der Waals surface area (Å²) in [6, 6.07) is 16.0. The zero-order chi connectivity index (χ0) is 11.8. The summed E-state index contributed by atoms with van der Waals surface area (Å²) in [4.78, 5) is 11.5. The second-order valence-corrected chi connectivity index (χ2v) is 4.26. The van der Waals surface area contributed by atoms with Crippen molar-refractivity contribution in [2.75, 3.05) is 0 Å². The molecule has 0 radical (unpaired) electrons. The maximum atomic E-state index is 11.5. The first-order valence-electron chi connectivity index (χ1n) is 5.67. The van der Waals surface area contributed by atoms with Gasteiger partial charge in [-0.15, -0.1) is 0 Å². The molecule has 0 aromatic heterocycles. The number of benzene rings is 2. The van der Waals surface area contributed by atoms with Gasteiger partial charge in [-0.3, -0.25) is 4.79 Å². The smallest absolute Gasteiger partial charge is 0.318 e. The molecule has 0 aliphatic carbocycles. The molecule has 2 nitrogen and oxygen atoms in total. The van der Waals surface area contributed by atoms with Gasteiger partial charge in [0.05, 0.1) is 5.92 Å². The van der Waals surface area contributed by atoms with E-state index in [-0.39, 0.29) is 11.9 Å². The van der Waals surface area contributed by atoms with Gasteiger partial charge in [0.15, 0.2) is 0 Å². The number of hydrogen-bond acceptors (Lipinski definition) is 2. The van der Waals surface area contributed by atoms with Gasteiger partial charge in [-0.05, 0) is 24.1 Å². The predicted octanol–water partition coefficient (Wildman–Crippen LogP) is 3.38. The van der Waals surface area contributed by atoms with Gasteiger partial charge in [0.1, 0.15) is 5.75 Å². The van der Waals surface area contributed by atoms with Gasteiger partial charge in [-0.25, -0.2) is 0 Å². The molecule has 2 aromatic carbocycles. The second-order valence-electron chi connectivity index (χ2n) is 4.26. The fraction of sp³-hybridized carbons (Fsp3) is 0.133. The number of hydrogen-bond donors (Lipinski definition) is 0. The summed E-state index contributed by atoms with van der Waals surface area (Å²) >= 11 is 0. The fourth-order valence-corrected chi connectivity index (χ4v) is 2.11. The summed E-state index contributed by atoms with van der Waals surface area (Å²) in [7, 11) is 0. The van der Waals surface area contributed by atoms with Crippen molar-refractivity contribution < 1.29 is 9.53 Å². The first-order valence-corrected chi connectivity index (χ1v) is 5.67. The van der Waals surface area contributed by atoms with Gasteiger partial charge in [0, 0.05) is 5.56 Å². The molecule has 17 heavy (non-hydrogen) atoms. The van der Waals surface area contributed by atoms with Crippen molar-refractivity contribution in [1.29, 1.82) is 0 Å². The number of carbonyl (C=O) groups is 1. The van der Waals surface area contributed by atoms with Crippen LogP contribution in [0.4, 0.5) is 0 Å². The van der Waals surface area contributed by atoms with Crippen LogP contribution in [0.2, 0.25) is 0 Å². The van der Waals surface area contributed by atoms with Gasteiger partial charge in [-0.2, -0.15) is 0 Å². The van der Waals surface area contributed by atoms with Crippen molar-refractivity contribution in [2.45, 2.75) is 12.8 Å². The summed E-state index contributed by atoms with van der Waals surface area (Å²) in [6.07, 6.45) is 0. The zero-order valence-corrected chi connectivity index (χ0v) is 9.51. The highest BCUT2D eigenvalue weighted by atomic mass is 16.5. The standard InChI is InChI=1S/C15H12O2/c1-10-13-8-7-12(9-14(13)17-15(10)16)11-5-3-2-4-6-11/h2-10H,1H3/t10-/m0/s1. The summed E-state index contributed by atoms with van der Waals surface area (Å²) in [6.45, 7) is 1.87. The molecule has 1 aliphatic rings. The highest BCUT2D eigenvalue weighted by Gasteiger charge is 2.29. The van der Waals surface area contributed by atoms with E-state index in [1.54, 1.807) is 0 Å². The molecule has 0 amide bonds. The minimum Gasteiger partial charge on any atom is -0.426 e. The Balaban J connectivity index is 2.07. The maximum absolute atomic E-state index is 11.5. The van der Waals surface area contributed by atoms with Crippen molar-refractivity contribution in [3.05, 3.63) is 54.1 Å². The lowest BCUT2D eigenvalue weighted by molar-refractivity contribution is -0.133. The Bertz CT molecular complexity index is 573. The lowest BCUT2D eigenvalue weighted by Gasteiger charge is -2.04. The van der Waals surface area contributed by atoms with Crippen LogP contribution in [-0.2, 0) is 4.79 Å². The Morgan fingerprint density at radius 1 is 1.00 bits per heavy atom. The predicted molar refractivity (Wildman–Crippen MR) is 65.9 cm³/mol. The molecule has 2 aromatic rings.